The van der Waals surface area contributed by atoms with E-state index in [4.69, 9.17) is 26.6 Å². The van der Waals surface area contributed by atoms with E-state index in [0.29, 0.717) is 17.3 Å². The Hall–Kier alpha value is -0.875. The molecule has 6 heteroatoms. The van der Waals surface area contributed by atoms with Crippen LogP contribution in [0.25, 0.3) is 6.08 Å². The molecule has 0 amide bonds. The molecule has 0 aliphatic carbocycles. The molecule has 1 saturated heterocycles. The molecule has 2 heterocycles. The van der Waals surface area contributed by atoms with Crippen molar-refractivity contribution in [3.63, 3.8) is 0 Å². The van der Waals surface area contributed by atoms with Crippen LogP contribution in [0.1, 0.15) is 33.4 Å². The molecule has 108 valence electrons. The Morgan fingerprint density at radius 3 is 2.45 bits per heavy atom. The summed E-state index contributed by atoms with van der Waals surface area (Å²) in [4.78, 5) is 4.24. The highest BCUT2D eigenvalue weighted by atomic mass is 35.5. The van der Waals surface area contributed by atoms with Crippen molar-refractivity contribution in [2.24, 2.45) is 5.73 Å². The van der Waals surface area contributed by atoms with Gasteiger partial charge in [0.1, 0.15) is 0 Å². The van der Waals surface area contributed by atoms with E-state index in [1.54, 1.807) is 18.3 Å². The Morgan fingerprint density at radius 1 is 1.35 bits per heavy atom. The molecule has 1 aromatic heterocycles. The molecule has 1 aromatic rings. The summed E-state index contributed by atoms with van der Waals surface area (Å²) >= 11 is 6.11. The van der Waals surface area contributed by atoms with Crippen molar-refractivity contribution in [1.82, 2.24) is 4.98 Å². The van der Waals surface area contributed by atoms with Gasteiger partial charge in [0.05, 0.1) is 21.9 Å². The summed E-state index contributed by atoms with van der Waals surface area (Å²) in [6.45, 7) is 8.36. The lowest BCUT2D eigenvalue weighted by Crippen LogP contribution is -2.41. The van der Waals surface area contributed by atoms with Crippen molar-refractivity contribution < 1.29 is 9.31 Å². The summed E-state index contributed by atoms with van der Waals surface area (Å²) < 4.78 is 12.0. The average Bonchev–Trinajstić information content (AvgIpc) is 2.57. The number of nitrogens with two attached hydrogens (primary N) is 1. The molecule has 0 radical (unpaired) electrons. The zero-order valence-corrected chi connectivity index (χ0v) is 13.1. The molecule has 0 unspecified atom stereocenters. The second kappa shape index (κ2) is 5.49. The monoisotopic (exact) mass is 294 g/mol. The van der Waals surface area contributed by atoms with Gasteiger partial charge >= 0.3 is 7.12 Å². The number of rotatable bonds is 3. The smallest absolute Gasteiger partial charge is 0.400 e. The van der Waals surface area contributed by atoms with Crippen LogP contribution in [-0.2, 0) is 9.31 Å². The van der Waals surface area contributed by atoms with Crippen LogP contribution < -0.4 is 5.73 Å². The molecule has 0 saturated carbocycles. The van der Waals surface area contributed by atoms with E-state index >= 15 is 0 Å². The minimum absolute atomic E-state index is 0.323. The molecule has 4 nitrogen and oxygen atoms in total. The third-order valence-electron chi connectivity index (χ3n) is 3.90. The van der Waals surface area contributed by atoms with Crippen LogP contribution in [0.4, 0.5) is 0 Å². The first-order valence-corrected chi connectivity index (χ1v) is 7.01. The van der Waals surface area contributed by atoms with Crippen LogP contribution in [0.5, 0.6) is 0 Å². The van der Waals surface area contributed by atoms with Gasteiger partial charge in [-0.05, 0) is 51.4 Å². The van der Waals surface area contributed by atoms with Crippen LogP contribution in [0.15, 0.2) is 23.8 Å². The molecule has 0 atom stereocenters. The number of hydrogen-bond acceptors (Lipinski definition) is 4. The van der Waals surface area contributed by atoms with Crippen LogP contribution in [0.3, 0.4) is 0 Å². The fourth-order valence-corrected chi connectivity index (χ4v) is 2.07. The molecule has 2 N–H and O–H groups in total. The summed E-state index contributed by atoms with van der Waals surface area (Å²) in [7, 11) is -0.469. The van der Waals surface area contributed by atoms with Gasteiger partial charge in [0.15, 0.2) is 0 Å². The molecular weight excluding hydrogens is 274 g/mol. The summed E-state index contributed by atoms with van der Waals surface area (Å²) in [6, 6.07) is 3.58. The van der Waals surface area contributed by atoms with E-state index in [0.717, 1.165) is 5.47 Å². The lowest BCUT2D eigenvalue weighted by molar-refractivity contribution is 0.00578. The quantitative estimate of drug-likeness (QED) is 0.871. The predicted molar refractivity (Wildman–Crippen MR) is 82.4 cm³/mol. The van der Waals surface area contributed by atoms with Crippen molar-refractivity contribution in [3.8, 4) is 0 Å². The van der Waals surface area contributed by atoms with Gasteiger partial charge in [0.25, 0.3) is 0 Å². The lowest BCUT2D eigenvalue weighted by atomic mass is 9.77. The van der Waals surface area contributed by atoms with Gasteiger partial charge in [-0.3, -0.25) is 4.98 Å². The molecule has 0 aromatic carbocycles. The maximum atomic E-state index is 6.11. The molecular formula is C14H20BClN2O2. The van der Waals surface area contributed by atoms with Crippen molar-refractivity contribution in [2.75, 3.05) is 6.54 Å². The largest absolute Gasteiger partial charge is 0.491 e. The first-order chi connectivity index (χ1) is 9.27. The Bertz CT molecular complexity index is 516. The maximum absolute atomic E-state index is 6.11. The normalized spacial score (nSPS) is 21.3. The highest BCUT2D eigenvalue weighted by Gasteiger charge is 2.52. The fraction of sp³-hybridized carbons (Fsp3) is 0.500. The topological polar surface area (TPSA) is 57.4 Å². The minimum atomic E-state index is -0.469. The van der Waals surface area contributed by atoms with Crippen molar-refractivity contribution >= 4 is 24.8 Å². The van der Waals surface area contributed by atoms with Crippen molar-refractivity contribution in [2.45, 2.75) is 38.9 Å². The molecule has 0 spiro atoms. The van der Waals surface area contributed by atoms with Gasteiger partial charge in [0.2, 0.25) is 0 Å². The van der Waals surface area contributed by atoms with Gasteiger partial charge in [0, 0.05) is 12.7 Å². The summed E-state index contributed by atoms with van der Waals surface area (Å²) in [5.41, 5.74) is 6.54. The molecule has 1 aliphatic rings. The second-order valence-corrected chi connectivity index (χ2v) is 6.29. The average molecular weight is 295 g/mol. The predicted octanol–water partition coefficient (Wildman–Crippen LogP) is 2.71. The van der Waals surface area contributed by atoms with Crippen LogP contribution in [0.2, 0.25) is 5.02 Å². The van der Waals surface area contributed by atoms with E-state index in [1.807, 2.05) is 33.8 Å². The SMILES string of the molecule is CC1(C)OB(C(=Cc2ncccc2Cl)CN)OC1(C)C. The highest BCUT2D eigenvalue weighted by Crippen LogP contribution is 2.38. The first-order valence-electron chi connectivity index (χ1n) is 6.63. The Labute approximate surface area is 125 Å². The van der Waals surface area contributed by atoms with Gasteiger partial charge in [-0.25, -0.2) is 0 Å². The van der Waals surface area contributed by atoms with Crippen molar-refractivity contribution in [1.29, 1.82) is 0 Å². The fourth-order valence-electron chi connectivity index (χ4n) is 1.90. The zero-order valence-electron chi connectivity index (χ0n) is 12.3. The standard InChI is InChI=1S/C14H20BClN2O2/c1-13(2)14(3,4)20-15(19-13)10(9-17)8-12-11(16)6-5-7-18-12/h5-8H,9,17H2,1-4H3. The Morgan fingerprint density at radius 2 is 1.95 bits per heavy atom. The third kappa shape index (κ3) is 2.91. The minimum Gasteiger partial charge on any atom is -0.400 e. The molecule has 0 bridgehead atoms. The molecule has 1 fully saturated rings. The molecule has 20 heavy (non-hydrogen) atoms. The second-order valence-electron chi connectivity index (χ2n) is 5.88. The number of pyridine rings is 1. The number of aromatic nitrogens is 1. The summed E-state index contributed by atoms with van der Waals surface area (Å²) in [6.07, 6.45) is 3.53. The Kier molecular flexibility index (Phi) is 4.26. The number of hydrogen-bond donors (Lipinski definition) is 1. The first kappa shape index (κ1) is 15.5. The van der Waals surface area contributed by atoms with Gasteiger partial charge in [-0.2, -0.15) is 0 Å². The number of halogens is 1. The van der Waals surface area contributed by atoms with Crippen LogP contribution in [-0.4, -0.2) is 29.8 Å². The number of nitrogens with zero attached hydrogens (tertiary/aromatic N) is 1. The van der Waals surface area contributed by atoms with E-state index in [2.05, 4.69) is 4.98 Å². The van der Waals surface area contributed by atoms with Gasteiger partial charge < -0.3 is 15.0 Å². The van der Waals surface area contributed by atoms with Gasteiger partial charge in [-0.15, -0.1) is 0 Å². The van der Waals surface area contributed by atoms with Crippen LogP contribution >= 0.6 is 11.6 Å². The molecule has 1 aliphatic heterocycles. The lowest BCUT2D eigenvalue weighted by Gasteiger charge is -2.32. The summed E-state index contributed by atoms with van der Waals surface area (Å²) in [5.74, 6) is 0. The van der Waals surface area contributed by atoms with Gasteiger partial charge in [-0.1, -0.05) is 11.6 Å². The van der Waals surface area contributed by atoms with E-state index in [-0.39, 0.29) is 11.2 Å². The van der Waals surface area contributed by atoms with Crippen molar-refractivity contribution in [3.05, 3.63) is 34.5 Å². The molecule has 2 rings (SSSR count). The summed E-state index contributed by atoms with van der Waals surface area (Å²) in [5, 5.41) is 0.579. The highest BCUT2D eigenvalue weighted by molar-refractivity contribution is 6.56. The van der Waals surface area contributed by atoms with E-state index < -0.39 is 7.12 Å². The Balaban J connectivity index is 2.29. The third-order valence-corrected chi connectivity index (χ3v) is 4.22. The maximum Gasteiger partial charge on any atom is 0.491 e. The van der Waals surface area contributed by atoms with E-state index in [9.17, 15) is 0 Å². The zero-order chi connectivity index (χ0) is 15.0. The van der Waals surface area contributed by atoms with E-state index in [1.165, 1.54) is 0 Å². The van der Waals surface area contributed by atoms with Crippen LogP contribution in [0, 0.1) is 0 Å².